The van der Waals surface area contributed by atoms with Gasteiger partial charge in [-0.1, -0.05) is 6.07 Å². The Kier molecular flexibility index (Phi) is 4.42. The minimum absolute atomic E-state index is 0.0558. The van der Waals surface area contributed by atoms with E-state index < -0.39 is 0 Å². The molecule has 0 aliphatic carbocycles. The van der Waals surface area contributed by atoms with Crippen LogP contribution in [0.25, 0.3) is 0 Å². The van der Waals surface area contributed by atoms with Crippen molar-refractivity contribution in [3.63, 3.8) is 0 Å². The Morgan fingerprint density at radius 1 is 1.29 bits per heavy atom. The second-order valence-corrected chi connectivity index (χ2v) is 5.93. The molecule has 0 radical (unpaired) electrons. The van der Waals surface area contributed by atoms with Gasteiger partial charge in [-0.05, 0) is 19.1 Å². The zero-order valence-electron chi connectivity index (χ0n) is 12.8. The standard InChI is InChI=1S/C16H24FN3O/c1-12(16-14(17)4-3-5-15(16)21-2)20-10-13(11-20)19-8-6-18-7-9-19/h3-5,12-13,18H,6-11H2,1-2H3. The minimum atomic E-state index is -0.174. The Labute approximate surface area is 125 Å². The maximum atomic E-state index is 14.1. The molecule has 0 spiro atoms. The van der Waals surface area contributed by atoms with Gasteiger partial charge in [0.05, 0.1) is 7.11 Å². The number of halogens is 1. The third-order valence-corrected chi connectivity index (χ3v) is 4.76. The average molecular weight is 293 g/mol. The van der Waals surface area contributed by atoms with E-state index in [0.717, 1.165) is 39.3 Å². The lowest BCUT2D eigenvalue weighted by Crippen LogP contribution is -2.62. The second kappa shape index (κ2) is 6.30. The number of likely N-dealkylation sites (tertiary alicyclic amines) is 1. The number of nitrogens with one attached hydrogen (secondary N) is 1. The number of piperazine rings is 1. The molecule has 4 nitrogen and oxygen atoms in total. The second-order valence-electron chi connectivity index (χ2n) is 5.93. The highest BCUT2D eigenvalue weighted by Gasteiger charge is 2.36. The summed E-state index contributed by atoms with van der Waals surface area (Å²) in [5.41, 5.74) is 0.679. The van der Waals surface area contributed by atoms with E-state index in [1.165, 1.54) is 6.07 Å². The van der Waals surface area contributed by atoms with E-state index >= 15 is 0 Å². The van der Waals surface area contributed by atoms with Crippen LogP contribution in [0.2, 0.25) is 0 Å². The van der Waals surface area contributed by atoms with Crippen LogP contribution in [0.1, 0.15) is 18.5 Å². The topological polar surface area (TPSA) is 27.7 Å². The van der Waals surface area contributed by atoms with Crippen molar-refractivity contribution in [2.75, 3.05) is 46.4 Å². The largest absolute Gasteiger partial charge is 0.496 e. The Balaban J connectivity index is 1.64. The van der Waals surface area contributed by atoms with Crippen molar-refractivity contribution in [1.82, 2.24) is 15.1 Å². The van der Waals surface area contributed by atoms with Crippen molar-refractivity contribution in [3.8, 4) is 5.75 Å². The molecule has 2 heterocycles. The van der Waals surface area contributed by atoms with E-state index in [1.54, 1.807) is 13.2 Å². The van der Waals surface area contributed by atoms with Gasteiger partial charge in [0.15, 0.2) is 0 Å². The van der Waals surface area contributed by atoms with Crippen LogP contribution in [0, 0.1) is 5.82 Å². The SMILES string of the molecule is COc1cccc(F)c1C(C)N1CC(N2CCNCC2)C1. The Hall–Kier alpha value is -1.17. The molecule has 0 amide bonds. The molecule has 116 valence electrons. The maximum absolute atomic E-state index is 14.1. The smallest absolute Gasteiger partial charge is 0.131 e. The van der Waals surface area contributed by atoms with Gasteiger partial charge in [0.25, 0.3) is 0 Å². The van der Waals surface area contributed by atoms with Gasteiger partial charge in [-0.3, -0.25) is 9.80 Å². The molecule has 0 saturated carbocycles. The van der Waals surface area contributed by atoms with E-state index in [1.807, 2.05) is 6.07 Å². The predicted molar refractivity (Wildman–Crippen MR) is 81.2 cm³/mol. The lowest BCUT2D eigenvalue weighted by Gasteiger charge is -2.49. The molecular weight excluding hydrogens is 269 g/mol. The fourth-order valence-corrected chi connectivity index (χ4v) is 3.37. The molecule has 1 aromatic carbocycles. The molecular formula is C16H24FN3O. The van der Waals surface area contributed by atoms with Gasteiger partial charge in [0, 0.05) is 56.9 Å². The lowest BCUT2D eigenvalue weighted by molar-refractivity contribution is 0.00213. The predicted octanol–water partition coefficient (Wildman–Crippen LogP) is 1.48. The van der Waals surface area contributed by atoms with E-state index in [0.29, 0.717) is 17.4 Å². The Bertz CT molecular complexity index is 484. The zero-order chi connectivity index (χ0) is 14.8. The van der Waals surface area contributed by atoms with Crippen LogP contribution in [0.4, 0.5) is 4.39 Å². The summed E-state index contributed by atoms with van der Waals surface area (Å²) in [7, 11) is 1.60. The molecule has 0 aromatic heterocycles. The van der Waals surface area contributed by atoms with Crippen molar-refractivity contribution in [2.45, 2.75) is 19.0 Å². The van der Waals surface area contributed by atoms with Crippen molar-refractivity contribution in [2.24, 2.45) is 0 Å². The van der Waals surface area contributed by atoms with Gasteiger partial charge in [0.2, 0.25) is 0 Å². The van der Waals surface area contributed by atoms with Crippen molar-refractivity contribution < 1.29 is 9.13 Å². The first-order valence-corrected chi connectivity index (χ1v) is 7.72. The summed E-state index contributed by atoms with van der Waals surface area (Å²) in [5.74, 6) is 0.473. The monoisotopic (exact) mass is 293 g/mol. The molecule has 2 aliphatic rings. The molecule has 1 aromatic rings. The highest BCUT2D eigenvalue weighted by Crippen LogP contribution is 2.34. The number of rotatable bonds is 4. The lowest BCUT2D eigenvalue weighted by atomic mass is 9.98. The third kappa shape index (κ3) is 2.91. The minimum Gasteiger partial charge on any atom is -0.496 e. The molecule has 2 aliphatic heterocycles. The Morgan fingerprint density at radius 3 is 2.67 bits per heavy atom. The molecule has 1 N–H and O–H groups in total. The molecule has 21 heavy (non-hydrogen) atoms. The molecule has 0 bridgehead atoms. The molecule has 1 unspecified atom stereocenters. The molecule has 5 heteroatoms. The first-order chi connectivity index (χ1) is 10.2. The summed E-state index contributed by atoms with van der Waals surface area (Å²) >= 11 is 0. The van der Waals surface area contributed by atoms with E-state index in [2.05, 4.69) is 22.0 Å². The van der Waals surface area contributed by atoms with Crippen molar-refractivity contribution in [3.05, 3.63) is 29.6 Å². The average Bonchev–Trinajstić information content (AvgIpc) is 2.46. The van der Waals surface area contributed by atoms with Crippen molar-refractivity contribution >= 4 is 0 Å². The van der Waals surface area contributed by atoms with Crippen LogP contribution >= 0.6 is 0 Å². The van der Waals surface area contributed by atoms with E-state index in [-0.39, 0.29) is 11.9 Å². The number of hydrogen-bond donors (Lipinski definition) is 1. The summed E-state index contributed by atoms with van der Waals surface area (Å²) < 4.78 is 19.5. The number of ether oxygens (including phenoxy) is 1. The first-order valence-electron chi connectivity index (χ1n) is 7.72. The van der Waals surface area contributed by atoms with Crippen LogP contribution < -0.4 is 10.1 Å². The summed E-state index contributed by atoms with van der Waals surface area (Å²) in [6, 6.07) is 5.72. The summed E-state index contributed by atoms with van der Waals surface area (Å²) in [6.07, 6.45) is 0. The quantitative estimate of drug-likeness (QED) is 0.910. The fourth-order valence-electron chi connectivity index (χ4n) is 3.37. The van der Waals surface area contributed by atoms with Crippen LogP contribution in [0.5, 0.6) is 5.75 Å². The number of hydrogen-bond acceptors (Lipinski definition) is 4. The first kappa shape index (κ1) is 14.8. The molecule has 2 saturated heterocycles. The van der Waals surface area contributed by atoms with Crippen LogP contribution in [-0.4, -0.2) is 62.2 Å². The normalized spacial score (nSPS) is 22.8. The molecule has 2 fully saturated rings. The van der Waals surface area contributed by atoms with Gasteiger partial charge in [-0.2, -0.15) is 0 Å². The van der Waals surface area contributed by atoms with E-state index in [4.69, 9.17) is 4.74 Å². The molecule has 1 atom stereocenters. The number of methoxy groups -OCH3 is 1. The third-order valence-electron chi connectivity index (χ3n) is 4.76. The number of benzene rings is 1. The van der Waals surface area contributed by atoms with E-state index in [9.17, 15) is 4.39 Å². The summed E-state index contributed by atoms with van der Waals surface area (Å²) in [5, 5.41) is 3.38. The van der Waals surface area contributed by atoms with Gasteiger partial charge < -0.3 is 10.1 Å². The van der Waals surface area contributed by atoms with Gasteiger partial charge in [-0.15, -0.1) is 0 Å². The van der Waals surface area contributed by atoms with Crippen LogP contribution in [0.15, 0.2) is 18.2 Å². The number of nitrogens with zero attached hydrogens (tertiary/aromatic N) is 2. The van der Waals surface area contributed by atoms with Gasteiger partial charge in [-0.25, -0.2) is 4.39 Å². The summed E-state index contributed by atoms with van der Waals surface area (Å²) in [4.78, 5) is 4.87. The van der Waals surface area contributed by atoms with Crippen molar-refractivity contribution in [1.29, 1.82) is 0 Å². The molecule has 3 rings (SSSR count). The Morgan fingerprint density at radius 2 is 2.00 bits per heavy atom. The van der Waals surface area contributed by atoms with Crippen LogP contribution in [-0.2, 0) is 0 Å². The maximum Gasteiger partial charge on any atom is 0.131 e. The highest BCUT2D eigenvalue weighted by molar-refractivity contribution is 5.37. The highest BCUT2D eigenvalue weighted by atomic mass is 19.1. The summed E-state index contributed by atoms with van der Waals surface area (Å²) in [6.45, 7) is 8.48. The zero-order valence-corrected chi connectivity index (χ0v) is 12.8. The fraction of sp³-hybridized carbons (Fsp3) is 0.625. The van der Waals surface area contributed by atoms with Gasteiger partial charge in [0.1, 0.15) is 11.6 Å². The van der Waals surface area contributed by atoms with Crippen LogP contribution in [0.3, 0.4) is 0 Å². The van der Waals surface area contributed by atoms with Gasteiger partial charge >= 0.3 is 0 Å².